The Morgan fingerprint density at radius 3 is 2.19 bits per heavy atom. The van der Waals surface area contributed by atoms with Crippen LogP contribution >= 0.6 is 0 Å². The predicted molar refractivity (Wildman–Crippen MR) is 92.8 cm³/mol. The number of hydrogen-bond donors (Lipinski definition) is 0. The molecule has 0 radical (unpaired) electrons. The normalized spacial score (nSPS) is 28.4. The van der Waals surface area contributed by atoms with Crippen LogP contribution in [-0.2, 0) is 19.1 Å². The van der Waals surface area contributed by atoms with E-state index in [1.165, 1.54) is 7.11 Å². The molecule has 2 aliphatic carbocycles. The largest absolute Gasteiger partial charge is 0.497 e. The van der Waals surface area contributed by atoms with Gasteiger partial charge in [0.1, 0.15) is 12.3 Å². The Bertz CT molecular complexity index is 773. The number of benzene rings is 1. The SMILES string of the molecule is COc1ccc(C(=O)COC(=O)CN2C(=O)[C@@H]3[C@H]4CC[C@@H](C4)[C@H]3C2=O)cc1. The molecular formula is C20H21NO6. The van der Waals surface area contributed by atoms with Crippen LogP contribution in [0, 0.1) is 23.7 Å². The zero-order valence-corrected chi connectivity index (χ0v) is 15.1. The minimum Gasteiger partial charge on any atom is -0.497 e. The first-order valence-corrected chi connectivity index (χ1v) is 9.17. The number of amides is 2. The minimum absolute atomic E-state index is 0.254. The summed E-state index contributed by atoms with van der Waals surface area (Å²) >= 11 is 0. The van der Waals surface area contributed by atoms with Crippen LogP contribution in [0.5, 0.6) is 5.75 Å². The van der Waals surface area contributed by atoms with Crippen LogP contribution in [0.3, 0.4) is 0 Å². The summed E-state index contributed by atoms with van der Waals surface area (Å²) in [5.74, 6) is -0.968. The minimum atomic E-state index is -0.745. The topological polar surface area (TPSA) is 90.0 Å². The third kappa shape index (κ3) is 3.01. The van der Waals surface area contributed by atoms with Crippen molar-refractivity contribution in [2.45, 2.75) is 19.3 Å². The number of carbonyl (C=O) groups excluding carboxylic acids is 4. The maximum absolute atomic E-state index is 12.6. The highest BCUT2D eigenvalue weighted by molar-refractivity contribution is 6.08. The molecule has 3 aliphatic rings. The molecule has 2 bridgehead atoms. The van der Waals surface area contributed by atoms with E-state index in [2.05, 4.69) is 0 Å². The maximum atomic E-state index is 12.6. The van der Waals surface area contributed by atoms with E-state index in [1.807, 2.05) is 0 Å². The van der Waals surface area contributed by atoms with E-state index in [1.54, 1.807) is 24.3 Å². The van der Waals surface area contributed by atoms with Gasteiger partial charge in [-0.2, -0.15) is 0 Å². The Kier molecular flexibility index (Phi) is 4.45. The van der Waals surface area contributed by atoms with Crippen LogP contribution in [0.4, 0.5) is 0 Å². The van der Waals surface area contributed by atoms with Gasteiger partial charge in [-0.1, -0.05) is 0 Å². The fourth-order valence-corrected chi connectivity index (χ4v) is 4.81. The molecule has 1 heterocycles. The lowest BCUT2D eigenvalue weighted by Gasteiger charge is -2.19. The van der Waals surface area contributed by atoms with Crippen molar-refractivity contribution in [3.8, 4) is 5.75 Å². The molecular weight excluding hydrogens is 350 g/mol. The Balaban J connectivity index is 1.32. The van der Waals surface area contributed by atoms with Crippen LogP contribution in [0.15, 0.2) is 24.3 Å². The number of likely N-dealkylation sites (tertiary alicyclic amines) is 1. The molecule has 4 rings (SSSR count). The lowest BCUT2D eigenvalue weighted by molar-refractivity contribution is -0.152. The molecule has 2 amide bonds. The molecule has 7 heteroatoms. The Morgan fingerprint density at radius 2 is 1.63 bits per heavy atom. The smallest absolute Gasteiger partial charge is 0.326 e. The van der Waals surface area contributed by atoms with E-state index in [0.717, 1.165) is 24.2 Å². The van der Waals surface area contributed by atoms with Crippen molar-refractivity contribution in [2.75, 3.05) is 20.3 Å². The van der Waals surface area contributed by atoms with E-state index >= 15 is 0 Å². The van der Waals surface area contributed by atoms with Gasteiger partial charge in [0.15, 0.2) is 12.4 Å². The van der Waals surface area contributed by atoms with Crippen molar-refractivity contribution < 1.29 is 28.7 Å². The molecule has 1 aliphatic heterocycles. The first kappa shape index (κ1) is 17.7. The average molecular weight is 371 g/mol. The Hall–Kier alpha value is -2.70. The molecule has 27 heavy (non-hydrogen) atoms. The second-order valence-corrected chi connectivity index (χ2v) is 7.46. The first-order valence-electron chi connectivity index (χ1n) is 9.17. The van der Waals surface area contributed by atoms with Gasteiger partial charge in [-0.05, 0) is 55.4 Å². The highest BCUT2D eigenvalue weighted by atomic mass is 16.5. The number of ether oxygens (including phenoxy) is 2. The van der Waals surface area contributed by atoms with Crippen LogP contribution < -0.4 is 4.74 Å². The fraction of sp³-hybridized carbons (Fsp3) is 0.500. The van der Waals surface area contributed by atoms with Crippen molar-refractivity contribution in [1.29, 1.82) is 0 Å². The third-order valence-corrected chi connectivity index (χ3v) is 6.08. The summed E-state index contributed by atoms with van der Waals surface area (Å²) in [7, 11) is 1.53. The number of hydrogen-bond acceptors (Lipinski definition) is 6. The number of ketones is 1. The van der Waals surface area contributed by atoms with Gasteiger partial charge in [-0.15, -0.1) is 0 Å². The maximum Gasteiger partial charge on any atom is 0.326 e. The van der Waals surface area contributed by atoms with E-state index in [9.17, 15) is 19.2 Å². The molecule has 0 aromatic heterocycles. The Morgan fingerprint density at radius 1 is 1.04 bits per heavy atom. The molecule has 2 saturated carbocycles. The highest BCUT2D eigenvalue weighted by Crippen LogP contribution is 2.56. The van der Waals surface area contributed by atoms with Gasteiger partial charge in [-0.3, -0.25) is 24.1 Å². The number of carbonyl (C=O) groups is 4. The molecule has 0 N–H and O–H groups in total. The molecule has 0 unspecified atom stereocenters. The van der Waals surface area contributed by atoms with Crippen LogP contribution in [0.2, 0.25) is 0 Å². The van der Waals surface area contributed by atoms with Crippen molar-refractivity contribution in [1.82, 2.24) is 4.90 Å². The highest BCUT2D eigenvalue weighted by Gasteiger charge is 2.61. The van der Waals surface area contributed by atoms with Crippen molar-refractivity contribution in [3.63, 3.8) is 0 Å². The van der Waals surface area contributed by atoms with Gasteiger partial charge >= 0.3 is 5.97 Å². The zero-order chi connectivity index (χ0) is 19.1. The number of imide groups is 1. The number of rotatable bonds is 6. The summed E-state index contributed by atoms with van der Waals surface area (Å²) in [4.78, 5) is 50.3. The number of nitrogens with zero attached hydrogens (tertiary/aromatic N) is 1. The molecule has 4 atom stereocenters. The summed E-state index contributed by atoms with van der Waals surface area (Å²) in [6.07, 6.45) is 2.92. The van der Waals surface area contributed by atoms with E-state index in [4.69, 9.17) is 9.47 Å². The molecule has 7 nitrogen and oxygen atoms in total. The number of Topliss-reactive ketones (excluding diaryl/α,β-unsaturated/α-hetero) is 1. The molecule has 1 aromatic carbocycles. The monoisotopic (exact) mass is 371 g/mol. The quantitative estimate of drug-likeness (QED) is 0.427. The second-order valence-electron chi connectivity index (χ2n) is 7.46. The zero-order valence-electron chi connectivity index (χ0n) is 15.1. The predicted octanol–water partition coefficient (Wildman–Crippen LogP) is 1.45. The molecule has 1 saturated heterocycles. The van der Waals surface area contributed by atoms with Crippen molar-refractivity contribution >= 4 is 23.6 Å². The van der Waals surface area contributed by atoms with Crippen LogP contribution in [-0.4, -0.2) is 48.7 Å². The van der Waals surface area contributed by atoms with Gasteiger partial charge in [0.05, 0.1) is 18.9 Å². The molecule has 3 fully saturated rings. The molecule has 142 valence electrons. The lowest BCUT2D eigenvalue weighted by atomic mass is 9.81. The third-order valence-electron chi connectivity index (χ3n) is 6.08. The van der Waals surface area contributed by atoms with Gasteiger partial charge < -0.3 is 9.47 Å². The summed E-state index contributed by atoms with van der Waals surface area (Å²) in [5, 5.41) is 0. The van der Waals surface area contributed by atoms with Crippen LogP contribution in [0.25, 0.3) is 0 Å². The average Bonchev–Trinajstić information content (AvgIpc) is 3.36. The summed E-state index contributed by atoms with van der Waals surface area (Å²) in [6, 6.07) is 6.45. The van der Waals surface area contributed by atoms with Crippen molar-refractivity contribution in [3.05, 3.63) is 29.8 Å². The number of methoxy groups -OCH3 is 1. The summed E-state index contributed by atoms with van der Waals surface area (Å²) in [5.41, 5.74) is 0.392. The second kappa shape index (κ2) is 6.79. The number of esters is 1. The van der Waals surface area contributed by atoms with E-state index < -0.39 is 19.1 Å². The summed E-state index contributed by atoms with van der Waals surface area (Å²) < 4.78 is 10.0. The molecule has 0 spiro atoms. The molecule has 1 aromatic rings. The first-order chi connectivity index (χ1) is 13.0. The van der Waals surface area contributed by atoms with Gasteiger partial charge in [0, 0.05) is 5.56 Å². The fourth-order valence-electron chi connectivity index (χ4n) is 4.81. The van der Waals surface area contributed by atoms with Gasteiger partial charge in [-0.25, -0.2) is 0 Å². The number of fused-ring (bicyclic) bond motifs is 5. The summed E-state index contributed by atoms with van der Waals surface area (Å²) in [6.45, 7) is -0.848. The van der Waals surface area contributed by atoms with Crippen LogP contribution in [0.1, 0.15) is 29.6 Å². The van der Waals surface area contributed by atoms with Gasteiger partial charge in [0.2, 0.25) is 11.8 Å². The van der Waals surface area contributed by atoms with E-state index in [0.29, 0.717) is 11.3 Å². The van der Waals surface area contributed by atoms with E-state index in [-0.39, 0.29) is 41.3 Å². The lowest BCUT2D eigenvalue weighted by Crippen LogP contribution is -2.38. The van der Waals surface area contributed by atoms with Gasteiger partial charge in [0.25, 0.3) is 0 Å². The standard InChI is InChI=1S/C20H21NO6/c1-26-14-6-4-11(5-7-14)15(22)10-27-16(23)9-21-19(24)17-12-2-3-13(8-12)18(17)20(21)25/h4-7,12-13,17-18H,2-3,8-10H2,1H3/t12-,13-,17+,18+/m0/s1. The Labute approximate surface area is 156 Å². The van der Waals surface area contributed by atoms with Crippen molar-refractivity contribution in [2.24, 2.45) is 23.7 Å².